The van der Waals surface area contributed by atoms with Gasteiger partial charge < -0.3 is 19.9 Å². The zero-order valence-electron chi connectivity index (χ0n) is 15.4. The zero-order valence-corrected chi connectivity index (χ0v) is 15.4. The number of aromatic nitrogens is 1. The molecule has 0 radical (unpaired) electrons. The monoisotopic (exact) mass is 393 g/mol. The summed E-state index contributed by atoms with van der Waals surface area (Å²) in [7, 11) is 0. The number of nitrogens with zero attached hydrogens (tertiary/aromatic N) is 1. The zero-order chi connectivity index (χ0) is 20.5. The van der Waals surface area contributed by atoms with E-state index in [0.29, 0.717) is 5.56 Å². The fourth-order valence-corrected chi connectivity index (χ4v) is 2.60. The van der Waals surface area contributed by atoms with Crippen LogP contribution in [0.5, 0.6) is 0 Å². The summed E-state index contributed by atoms with van der Waals surface area (Å²) < 4.78 is 9.63. The smallest absolute Gasteiger partial charge is 0.308 e. The number of nitrogens with one attached hydrogen (secondary N) is 2. The van der Waals surface area contributed by atoms with E-state index in [1.165, 1.54) is 12.3 Å². The van der Waals surface area contributed by atoms with Crippen molar-refractivity contribution >= 4 is 23.6 Å². The summed E-state index contributed by atoms with van der Waals surface area (Å²) in [6.07, 6.45) is 1.18. The van der Waals surface area contributed by atoms with Crippen molar-refractivity contribution in [2.24, 2.45) is 0 Å². The van der Waals surface area contributed by atoms with Gasteiger partial charge in [-0.3, -0.25) is 14.4 Å². The third-order valence-corrected chi connectivity index (χ3v) is 3.98. The SMILES string of the molecule is O=C(COC(=O)CC(NC(=O)c1ccccc1)c1ccccc1)Nc1ccon1. The van der Waals surface area contributed by atoms with E-state index in [1.807, 2.05) is 24.3 Å². The molecule has 1 heterocycles. The fourth-order valence-electron chi connectivity index (χ4n) is 2.60. The van der Waals surface area contributed by atoms with E-state index in [9.17, 15) is 14.4 Å². The number of anilines is 1. The Morgan fingerprint density at radius 2 is 1.66 bits per heavy atom. The van der Waals surface area contributed by atoms with Gasteiger partial charge >= 0.3 is 5.97 Å². The predicted molar refractivity (Wildman–Crippen MR) is 104 cm³/mol. The lowest BCUT2D eigenvalue weighted by Crippen LogP contribution is -2.31. The van der Waals surface area contributed by atoms with Crippen LogP contribution in [0.3, 0.4) is 0 Å². The van der Waals surface area contributed by atoms with Crippen molar-refractivity contribution in [3.8, 4) is 0 Å². The summed E-state index contributed by atoms with van der Waals surface area (Å²) >= 11 is 0. The molecule has 0 aliphatic rings. The maximum absolute atomic E-state index is 12.5. The number of amides is 2. The Kier molecular flexibility index (Phi) is 6.72. The van der Waals surface area contributed by atoms with Crippen LogP contribution in [0.25, 0.3) is 0 Å². The first-order chi connectivity index (χ1) is 14.1. The van der Waals surface area contributed by atoms with Gasteiger partial charge in [-0.2, -0.15) is 0 Å². The Hall–Kier alpha value is -3.94. The summed E-state index contributed by atoms with van der Waals surface area (Å²) in [6.45, 7) is -0.472. The molecular weight excluding hydrogens is 374 g/mol. The second-order valence-corrected chi connectivity index (χ2v) is 6.10. The van der Waals surface area contributed by atoms with Crippen LogP contribution in [0, 0.1) is 0 Å². The lowest BCUT2D eigenvalue weighted by Gasteiger charge is -2.18. The van der Waals surface area contributed by atoms with Crippen LogP contribution in [0.1, 0.15) is 28.4 Å². The Morgan fingerprint density at radius 1 is 0.966 bits per heavy atom. The molecule has 0 fully saturated rings. The predicted octanol–water partition coefficient (Wildman–Crippen LogP) is 2.72. The van der Waals surface area contributed by atoms with Crippen LogP contribution in [0.4, 0.5) is 5.82 Å². The lowest BCUT2D eigenvalue weighted by molar-refractivity contribution is -0.147. The third kappa shape index (κ3) is 6.03. The Bertz CT molecular complexity index is 943. The van der Waals surface area contributed by atoms with Crippen LogP contribution in [-0.4, -0.2) is 29.5 Å². The first-order valence-corrected chi connectivity index (χ1v) is 8.88. The molecule has 0 aliphatic heterocycles. The highest BCUT2D eigenvalue weighted by Crippen LogP contribution is 2.18. The maximum Gasteiger partial charge on any atom is 0.308 e. The normalized spacial score (nSPS) is 11.3. The van der Waals surface area contributed by atoms with E-state index >= 15 is 0 Å². The quantitative estimate of drug-likeness (QED) is 0.570. The standard InChI is InChI=1S/C21H19N3O5/c25-19(23-18-11-12-29-24-18)14-28-20(26)13-17(15-7-3-1-4-8-15)22-21(27)16-9-5-2-6-10-16/h1-12,17H,13-14H2,(H,22,27)(H,23,24,25). The molecule has 1 aromatic heterocycles. The van der Waals surface area contributed by atoms with Crippen molar-refractivity contribution in [3.05, 3.63) is 84.1 Å². The Morgan fingerprint density at radius 3 is 2.31 bits per heavy atom. The van der Waals surface area contributed by atoms with Gasteiger partial charge in [0.25, 0.3) is 11.8 Å². The van der Waals surface area contributed by atoms with Crippen molar-refractivity contribution in [3.63, 3.8) is 0 Å². The minimum absolute atomic E-state index is 0.125. The second kappa shape index (κ2) is 9.84. The molecule has 0 saturated carbocycles. The van der Waals surface area contributed by atoms with Crippen molar-refractivity contribution in [2.75, 3.05) is 11.9 Å². The highest BCUT2D eigenvalue weighted by Gasteiger charge is 2.20. The molecule has 3 aromatic rings. The highest BCUT2D eigenvalue weighted by atomic mass is 16.5. The number of hydrogen-bond donors (Lipinski definition) is 2. The molecular formula is C21H19N3O5. The van der Waals surface area contributed by atoms with E-state index < -0.39 is 24.5 Å². The van der Waals surface area contributed by atoms with Crippen LogP contribution < -0.4 is 10.6 Å². The van der Waals surface area contributed by atoms with Gasteiger partial charge in [0.15, 0.2) is 12.4 Å². The topological polar surface area (TPSA) is 111 Å². The summed E-state index contributed by atoms with van der Waals surface area (Å²) in [6, 6.07) is 18.6. The Labute approximate surface area is 166 Å². The molecule has 2 amide bonds. The molecule has 0 bridgehead atoms. The molecule has 0 saturated heterocycles. The van der Waals surface area contributed by atoms with Gasteiger partial charge in [0.05, 0.1) is 12.5 Å². The van der Waals surface area contributed by atoms with E-state index in [0.717, 1.165) is 5.56 Å². The first-order valence-electron chi connectivity index (χ1n) is 8.88. The molecule has 29 heavy (non-hydrogen) atoms. The van der Waals surface area contributed by atoms with Crippen LogP contribution >= 0.6 is 0 Å². The fraction of sp³-hybridized carbons (Fsp3) is 0.143. The second-order valence-electron chi connectivity index (χ2n) is 6.10. The van der Waals surface area contributed by atoms with Gasteiger partial charge in [-0.25, -0.2) is 0 Å². The van der Waals surface area contributed by atoms with E-state index in [4.69, 9.17) is 4.74 Å². The third-order valence-electron chi connectivity index (χ3n) is 3.98. The number of ether oxygens (including phenoxy) is 1. The Balaban J connectivity index is 1.59. The molecule has 2 aromatic carbocycles. The average Bonchev–Trinajstić information content (AvgIpc) is 3.26. The number of esters is 1. The summed E-state index contributed by atoms with van der Waals surface area (Å²) in [5, 5.41) is 8.80. The van der Waals surface area contributed by atoms with Gasteiger partial charge in [0.1, 0.15) is 6.26 Å². The van der Waals surface area contributed by atoms with Gasteiger partial charge in [0, 0.05) is 11.6 Å². The van der Waals surface area contributed by atoms with Crippen molar-refractivity contribution < 1.29 is 23.6 Å². The summed E-state index contributed by atoms with van der Waals surface area (Å²) in [5.74, 6) is -1.25. The molecule has 8 nitrogen and oxygen atoms in total. The molecule has 8 heteroatoms. The molecule has 1 unspecified atom stereocenters. The van der Waals surface area contributed by atoms with E-state index in [2.05, 4.69) is 20.3 Å². The molecule has 0 spiro atoms. The first kappa shape index (κ1) is 19.8. The summed E-state index contributed by atoms with van der Waals surface area (Å²) in [5.41, 5.74) is 1.23. The molecule has 148 valence electrons. The minimum atomic E-state index is -0.623. The van der Waals surface area contributed by atoms with Gasteiger partial charge in [0.2, 0.25) is 0 Å². The molecule has 0 aliphatic carbocycles. The van der Waals surface area contributed by atoms with Gasteiger partial charge in [-0.15, -0.1) is 0 Å². The van der Waals surface area contributed by atoms with E-state index in [1.54, 1.807) is 36.4 Å². The summed E-state index contributed by atoms with van der Waals surface area (Å²) in [4.78, 5) is 36.6. The number of benzene rings is 2. The molecule has 3 rings (SSSR count). The average molecular weight is 393 g/mol. The van der Waals surface area contributed by atoms with Crippen LogP contribution in [0.15, 0.2) is 77.5 Å². The van der Waals surface area contributed by atoms with Crippen molar-refractivity contribution in [1.82, 2.24) is 10.5 Å². The minimum Gasteiger partial charge on any atom is -0.455 e. The largest absolute Gasteiger partial charge is 0.455 e. The van der Waals surface area contributed by atoms with Gasteiger partial charge in [-0.1, -0.05) is 53.7 Å². The maximum atomic E-state index is 12.5. The lowest BCUT2D eigenvalue weighted by atomic mass is 10.0. The number of carbonyl (C=O) groups is 3. The number of carbonyl (C=O) groups excluding carboxylic acids is 3. The van der Waals surface area contributed by atoms with E-state index in [-0.39, 0.29) is 18.1 Å². The van der Waals surface area contributed by atoms with Crippen LogP contribution in [-0.2, 0) is 14.3 Å². The highest BCUT2D eigenvalue weighted by molar-refractivity contribution is 5.95. The van der Waals surface area contributed by atoms with Gasteiger partial charge in [-0.05, 0) is 17.7 Å². The molecule has 2 N–H and O–H groups in total. The number of hydrogen-bond acceptors (Lipinski definition) is 6. The van der Waals surface area contributed by atoms with Crippen molar-refractivity contribution in [1.29, 1.82) is 0 Å². The number of rotatable bonds is 8. The molecule has 1 atom stereocenters. The van der Waals surface area contributed by atoms with Crippen LogP contribution in [0.2, 0.25) is 0 Å². The van der Waals surface area contributed by atoms with Crippen molar-refractivity contribution in [2.45, 2.75) is 12.5 Å².